The molecule has 2 rings (SSSR count). The molecule has 2 aliphatic rings. The maximum Gasteiger partial charge on any atom is 0.472 e. The number of allylic oxidation sites excluding steroid dienone is 15. The number of phosphoric ester groups is 2. The monoisotopic (exact) mass is 1030 g/mol. The largest absolute Gasteiger partial charge is 0.472 e. The van der Waals surface area contributed by atoms with Gasteiger partial charge < -0.3 is 49.3 Å². The quantitative estimate of drug-likeness (QED) is 0.00995. The van der Waals surface area contributed by atoms with Crippen LogP contribution >= 0.6 is 15.6 Å². The molecule has 7 unspecified atom stereocenters. The Kier molecular flexibility index (Phi) is 33.8. The van der Waals surface area contributed by atoms with Gasteiger partial charge in [-0.15, -0.1) is 0 Å². The molecule has 1 saturated carbocycles. The number of carbonyl (C=O) groups is 2. The van der Waals surface area contributed by atoms with Crippen molar-refractivity contribution < 1.29 is 81.6 Å². The Morgan fingerprint density at radius 3 is 1.50 bits per heavy atom. The lowest BCUT2D eigenvalue weighted by molar-refractivity contribution is -0.216. The second-order valence-electron chi connectivity index (χ2n) is 17.2. The van der Waals surface area contributed by atoms with E-state index in [9.17, 15) is 53.8 Å². The second kappa shape index (κ2) is 37.6. The average Bonchev–Trinajstić information content (AvgIpc) is 4.07. The van der Waals surface area contributed by atoms with E-state index < -0.39 is 83.5 Å². The highest BCUT2D eigenvalue weighted by Crippen LogP contribution is 2.49. The Labute approximate surface area is 415 Å². The molecular weight excluding hydrogens is 946 g/mol. The smallest absolute Gasteiger partial charge is 0.462 e. The molecule has 19 heteroatoms. The van der Waals surface area contributed by atoms with Gasteiger partial charge in [-0.25, -0.2) is 9.13 Å². The number of unbranched alkanes of at least 4 members (excludes halogenated alkanes) is 6. The third-order valence-electron chi connectivity index (χ3n) is 11.1. The maximum absolute atomic E-state index is 13.0. The molecule has 0 aromatic heterocycles. The van der Waals surface area contributed by atoms with Crippen LogP contribution in [0.15, 0.2) is 97.2 Å². The summed E-state index contributed by atoms with van der Waals surface area (Å²) in [7, 11) is -10.7. The number of hydrogen-bond donors (Lipinski definition) is 7. The Hall–Kier alpha value is -3.12. The highest BCUT2D eigenvalue weighted by molar-refractivity contribution is 7.47. The van der Waals surface area contributed by atoms with Gasteiger partial charge >= 0.3 is 27.6 Å². The zero-order valence-electron chi connectivity index (χ0n) is 41.1. The third-order valence-corrected chi connectivity index (χ3v) is 12.6. The first-order valence-electron chi connectivity index (χ1n) is 24.9. The maximum atomic E-state index is 13.0. The number of epoxide rings is 1. The van der Waals surface area contributed by atoms with Crippen molar-refractivity contribution in [3.8, 4) is 0 Å². The van der Waals surface area contributed by atoms with E-state index in [2.05, 4.69) is 91.3 Å². The Balaban J connectivity index is 1.85. The van der Waals surface area contributed by atoms with Gasteiger partial charge in [0.15, 0.2) is 6.10 Å². The molecule has 1 heterocycles. The predicted molar refractivity (Wildman–Crippen MR) is 268 cm³/mol. The summed E-state index contributed by atoms with van der Waals surface area (Å²) in [6.07, 6.45) is 35.3. The minimum Gasteiger partial charge on any atom is -0.462 e. The molecule has 70 heavy (non-hydrogen) atoms. The molecule has 0 spiro atoms. The SMILES string of the molecule is CCCCC/C=C\C/C=C\C/C=C\C/C=C\C/C=C\CCC(=O)O[C@H](COC(=O)CCCC1OC1C/C=C\C/C=C\C/C=C\CCCCC)COP(=O)(O)O[C@H]1C(O)C(O)C(O)[C@@H](OP(=O)(O)O)C1O. The fourth-order valence-electron chi connectivity index (χ4n) is 7.09. The number of aliphatic hydroxyl groups is 4. The van der Waals surface area contributed by atoms with Crippen LogP contribution in [0.3, 0.4) is 0 Å². The summed E-state index contributed by atoms with van der Waals surface area (Å²) in [6, 6.07) is 0. The minimum absolute atomic E-state index is 0.0110. The molecule has 0 aromatic rings. The van der Waals surface area contributed by atoms with Gasteiger partial charge in [-0.1, -0.05) is 137 Å². The normalized spacial score (nSPS) is 24.7. The Bertz CT molecular complexity index is 1790. The highest BCUT2D eigenvalue weighted by atomic mass is 31.2. The molecule has 0 amide bonds. The number of phosphoric acid groups is 2. The number of rotatable bonds is 39. The van der Waals surface area contributed by atoms with E-state index in [1.807, 2.05) is 18.2 Å². The van der Waals surface area contributed by atoms with Gasteiger partial charge in [0.2, 0.25) is 0 Å². The third kappa shape index (κ3) is 30.7. The van der Waals surface area contributed by atoms with Crippen molar-refractivity contribution in [1.29, 1.82) is 0 Å². The molecule has 2 fully saturated rings. The van der Waals surface area contributed by atoms with Crippen molar-refractivity contribution in [3.63, 3.8) is 0 Å². The second-order valence-corrected chi connectivity index (χ2v) is 19.8. The van der Waals surface area contributed by atoms with Gasteiger partial charge in [0.05, 0.1) is 18.8 Å². The number of ether oxygens (including phenoxy) is 3. The van der Waals surface area contributed by atoms with Crippen LogP contribution in [0.25, 0.3) is 0 Å². The molecular formula is C51H82O17P2. The summed E-state index contributed by atoms with van der Waals surface area (Å²) in [5, 5.41) is 41.3. The van der Waals surface area contributed by atoms with E-state index in [0.717, 1.165) is 51.4 Å². The Morgan fingerprint density at radius 2 is 1.00 bits per heavy atom. The molecule has 0 aromatic carbocycles. The molecule has 17 nitrogen and oxygen atoms in total. The van der Waals surface area contributed by atoms with E-state index in [0.29, 0.717) is 25.7 Å². The van der Waals surface area contributed by atoms with Crippen molar-refractivity contribution >= 4 is 27.6 Å². The van der Waals surface area contributed by atoms with E-state index in [-0.39, 0.29) is 25.0 Å². The lowest BCUT2D eigenvalue weighted by Crippen LogP contribution is -2.64. The summed E-state index contributed by atoms with van der Waals surface area (Å²) >= 11 is 0. The molecule has 1 aliphatic heterocycles. The summed E-state index contributed by atoms with van der Waals surface area (Å²) in [4.78, 5) is 54.5. The summed E-state index contributed by atoms with van der Waals surface area (Å²) < 4.78 is 55.1. The van der Waals surface area contributed by atoms with Crippen molar-refractivity contribution in [2.24, 2.45) is 0 Å². The fraction of sp³-hybridized carbons (Fsp3) is 0.647. The lowest BCUT2D eigenvalue weighted by atomic mass is 9.85. The molecule has 0 radical (unpaired) electrons. The first kappa shape index (κ1) is 63.0. The van der Waals surface area contributed by atoms with Crippen LogP contribution < -0.4 is 0 Å². The zero-order chi connectivity index (χ0) is 51.5. The lowest BCUT2D eigenvalue weighted by Gasteiger charge is -2.43. The van der Waals surface area contributed by atoms with Gasteiger partial charge in [0.25, 0.3) is 0 Å². The molecule has 0 bridgehead atoms. The first-order chi connectivity index (χ1) is 33.6. The van der Waals surface area contributed by atoms with Crippen LogP contribution in [0.1, 0.15) is 142 Å². The number of esters is 2. The van der Waals surface area contributed by atoms with Gasteiger partial charge in [-0.05, 0) is 89.9 Å². The standard InChI is InChI=1S/C51H82O17P2/c1-3-5-7-9-11-13-15-17-18-19-20-21-22-23-25-27-29-31-33-37-45(53)65-41(40-64-70(61,62)68-51-48(56)46(54)47(55)50(49(51)57)67-69(58,59)60)39-63-44(52)38-34-36-43-42(66-43)35-32-30-28-26-24-16-14-12-10-8-6-4-2/h11-14,17-18,20-21,23-26,29-32,41-43,46-51,54-57H,3-10,15-16,19,22,27-28,33-40H2,1-2H3,(H,61,62)(H2,58,59,60)/b13-11-,14-12-,18-17-,21-20-,25-23-,26-24-,31-29-,32-30-/t41-,42?,43?,46?,47?,48?,49?,50-,51+/m1/s1. The highest BCUT2D eigenvalue weighted by Gasteiger charge is 2.54. The van der Waals surface area contributed by atoms with E-state index >= 15 is 0 Å². The summed E-state index contributed by atoms with van der Waals surface area (Å²) in [5.41, 5.74) is 0. The number of carbonyl (C=O) groups excluding carboxylic acids is 2. The van der Waals surface area contributed by atoms with Crippen molar-refractivity contribution in [2.45, 2.75) is 197 Å². The molecule has 7 N–H and O–H groups in total. The first-order valence-corrected chi connectivity index (χ1v) is 27.9. The van der Waals surface area contributed by atoms with Crippen LogP contribution in [0, 0.1) is 0 Å². The fourth-order valence-corrected chi connectivity index (χ4v) is 8.63. The molecule has 1 aliphatic carbocycles. The van der Waals surface area contributed by atoms with Gasteiger partial charge in [0, 0.05) is 12.8 Å². The van der Waals surface area contributed by atoms with Crippen molar-refractivity contribution in [3.05, 3.63) is 97.2 Å². The van der Waals surface area contributed by atoms with E-state index in [1.54, 1.807) is 6.08 Å². The van der Waals surface area contributed by atoms with Crippen LogP contribution in [0.5, 0.6) is 0 Å². The van der Waals surface area contributed by atoms with E-state index in [4.69, 9.17) is 23.3 Å². The zero-order valence-corrected chi connectivity index (χ0v) is 42.9. The van der Waals surface area contributed by atoms with Crippen LogP contribution in [-0.2, 0) is 46.5 Å². The topological polar surface area (TPSA) is 269 Å². The van der Waals surface area contributed by atoms with Gasteiger partial charge in [-0.2, -0.15) is 0 Å². The van der Waals surface area contributed by atoms with E-state index in [1.165, 1.54) is 38.5 Å². The average molecular weight is 1030 g/mol. The molecule has 1 saturated heterocycles. The summed E-state index contributed by atoms with van der Waals surface area (Å²) in [5.74, 6) is -1.39. The molecule has 398 valence electrons. The summed E-state index contributed by atoms with van der Waals surface area (Å²) in [6.45, 7) is 2.92. The number of aliphatic hydroxyl groups excluding tert-OH is 4. The predicted octanol–water partition coefficient (Wildman–Crippen LogP) is 8.94. The van der Waals surface area contributed by atoms with Crippen LogP contribution in [0.4, 0.5) is 0 Å². The molecule has 10 atom stereocenters. The van der Waals surface area contributed by atoms with Crippen molar-refractivity contribution in [1.82, 2.24) is 0 Å². The van der Waals surface area contributed by atoms with Crippen LogP contribution in [-0.4, -0.2) is 115 Å². The van der Waals surface area contributed by atoms with Crippen LogP contribution in [0.2, 0.25) is 0 Å². The number of hydrogen-bond acceptors (Lipinski definition) is 14. The van der Waals surface area contributed by atoms with Gasteiger partial charge in [0.1, 0.15) is 43.2 Å². The van der Waals surface area contributed by atoms with Gasteiger partial charge in [-0.3, -0.25) is 23.2 Å². The van der Waals surface area contributed by atoms with Crippen molar-refractivity contribution in [2.75, 3.05) is 13.2 Å². The Morgan fingerprint density at radius 1 is 0.529 bits per heavy atom. The minimum atomic E-state index is -5.39.